The van der Waals surface area contributed by atoms with Gasteiger partial charge in [0.1, 0.15) is 0 Å². The molecule has 2 nitrogen and oxygen atoms in total. The van der Waals surface area contributed by atoms with E-state index in [1.807, 2.05) is 18.7 Å². The van der Waals surface area contributed by atoms with Crippen LogP contribution >= 0.6 is 11.8 Å². The standard InChI is InChI=1S/C9H14N2S/c1-3-9-6-12-5-8(4-10)7(2)11-9/h9,11H,3,5-6H2,1-2H3. The molecule has 12 heavy (non-hydrogen) atoms. The summed E-state index contributed by atoms with van der Waals surface area (Å²) in [5.74, 6) is 1.98. The zero-order valence-electron chi connectivity index (χ0n) is 7.55. The maximum atomic E-state index is 8.78. The van der Waals surface area contributed by atoms with E-state index >= 15 is 0 Å². The molecule has 0 saturated heterocycles. The summed E-state index contributed by atoms with van der Waals surface area (Å²) in [6, 6.07) is 2.78. The monoisotopic (exact) mass is 182 g/mol. The van der Waals surface area contributed by atoms with Gasteiger partial charge >= 0.3 is 0 Å². The largest absolute Gasteiger partial charge is 0.384 e. The zero-order chi connectivity index (χ0) is 8.97. The van der Waals surface area contributed by atoms with Crippen molar-refractivity contribution in [1.82, 2.24) is 5.32 Å². The molecular weight excluding hydrogens is 168 g/mol. The molecule has 3 heteroatoms. The number of nitrogens with zero attached hydrogens (tertiary/aromatic N) is 1. The van der Waals surface area contributed by atoms with Crippen molar-refractivity contribution < 1.29 is 0 Å². The Hall–Kier alpha value is -0.620. The summed E-state index contributed by atoms with van der Waals surface area (Å²) in [7, 11) is 0. The summed E-state index contributed by atoms with van der Waals surface area (Å²) in [5.41, 5.74) is 1.96. The van der Waals surface area contributed by atoms with E-state index in [1.54, 1.807) is 0 Å². The van der Waals surface area contributed by atoms with E-state index in [2.05, 4.69) is 18.3 Å². The summed E-state index contributed by atoms with van der Waals surface area (Å²) in [6.07, 6.45) is 1.13. The topological polar surface area (TPSA) is 35.8 Å². The molecule has 0 radical (unpaired) electrons. The van der Waals surface area contributed by atoms with Crippen molar-refractivity contribution in [2.24, 2.45) is 0 Å². The number of rotatable bonds is 1. The quantitative estimate of drug-likeness (QED) is 0.672. The second-order valence-electron chi connectivity index (χ2n) is 2.98. The minimum atomic E-state index is 0.542. The SMILES string of the molecule is CCC1CSCC(C#N)=C(C)N1. The van der Waals surface area contributed by atoms with E-state index in [0.717, 1.165) is 29.2 Å². The van der Waals surface area contributed by atoms with Gasteiger partial charge in [0.15, 0.2) is 0 Å². The molecule has 1 rings (SSSR count). The molecule has 0 fully saturated rings. The molecule has 0 amide bonds. The number of hydrogen-bond donors (Lipinski definition) is 1. The lowest BCUT2D eigenvalue weighted by atomic mass is 10.2. The molecule has 1 N–H and O–H groups in total. The van der Waals surface area contributed by atoms with Gasteiger partial charge in [-0.25, -0.2) is 0 Å². The van der Waals surface area contributed by atoms with Gasteiger partial charge in [0.05, 0.1) is 11.6 Å². The highest BCUT2D eigenvalue weighted by Crippen LogP contribution is 2.17. The fourth-order valence-corrected chi connectivity index (χ4v) is 2.39. The van der Waals surface area contributed by atoms with E-state index in [1.165, 1.54) is 0 Å². The summed E-state index contributed by atoms with van der Waals surface area (Å²) >= 11 is 1.84. The van der Waals surface area contributed by atoms with Crippen LogP contribution < -0.4 is 5.32 Å². The smallest absolute Gasteiger partial charge is 0.0974 e. The van der Waals surface area contributed by atoms with Crippen LogP contribution in [-0.4, -0.2) is 17.5 Å². The van der Waals surface area contributed by atoms with Gasteiger partial charge in [-0.1, -0.05) is 6.92 Å². The lowest BCUT2D eigenvalue weighted by molar-refractivity contribution is 0.605. The van der Waals surface area contributed by atoms with Gasteiger partial charge in [-0.05, 0) is 13.3 Å². The highest BCUT2D eigenvalue weighted by atomic mass is 32.2. The first-order valence-electron chi connectivity index (χ1n) is 4.22. The Kier molecular flexibility index (Phi) is 3.48. The van der Waals surface area contributed by atoms with Crippen LogP contribution in [0.4, 0.5) is 0 Å². The maximum absolute atomic E-state index is 8.78. The van der Waals surface area contributed by atoms with Crippen LogP contribution in [0.2, 0.25) is 0 Å². The molecule has 0 aromatic rings. The minimum absolute atomic E-state index is 0.542. The molecule has 0 spiro atoms. The molecule has 0 bridgehead atoms. The highest BCUT2D eigenvalue weighted by molar-refractivity contribution is 7.99. The minimum Gasteiger partial charge on any atom is -0.384 e. The number of thioether (sulfide) groups is 1. The third-order valence-electron chi connectivity index (χ3n) is 2.07. The van der Waals surface area contributed by atoms with Gasteiger partial charge in [-0.15, -0.1) is 0 Å². The Morgan fingerprint density at radius 2 is 2.50 bits per heavy atom. The van der Waals surface area contributed by atoms with E-state index in [0.29, 0.717) is 6.04 Å². The first-order chi connectivity index (χ1) is 5.77. The van der Waals surface area contributed by atoms with Gasteiger partial charge in [0.25, 0.3) is 0 Å². The fraction of sp³-hybridized carbons (Fsp3) is 0.667. The molecule has 0 aromatic carbocycles. The van der Waals surface area contributed by atoms with E-state index < -0.39 is 0 Å². The molecule has 1 unspecified atom stereocenters. The van der Waals surface area contributed by atoms with Crippen molar-refractivity contribution in [2.45, 2.75) is 26.3 Å². The van der Waals surface area contributed by atoms with Crippen LogP contribution in [0.3, 0.4) is 0 Å². The van der Waals surface area contributed by atoms with Crippen LogP contribution in [0.25, 0.3) is 0 Å². The van der Waals surface area contributed by atoms with Crippen LogP contribution in [0.1, 0.15) is 20.3 Å². The van der Waals surface area contributed by atoms with E-state index in [-0.39, 0.29) is 0 Å². The van der Waals surface area contributed by atoms with Crippen molar-refractivity contribution in [3.8, 4) is 6.07 Å². The molecule has 1 atom stereocenters. The van der Waals surface area contributed by atoms with Crippen LogP contribution in [0.5, 0.6) is 0 Å². The number of hydrogen-bond acceptors (Lipinski definition) is 3. The Morgan fingerprint density at radius 1 is 1.75 bits per heavy atom. The average molecular weight is 182 g/mol. The molecule has 0 saturated carbocycles. The van der Waals surface area contributed by atoms with E-state index in [9.17, 15) is 0 Å². The Balaban J connectivity index is 2.70. The van der Waals surface area contributed by atoms with Crippen molar-refractivity contribution in [1.29, 1.82) is 5.26 Å². The number of nitrogens with one attached hydrogen (secondary N) is 1. The highest BCUT2D eigenvalue weighted by Gasteiger charge is 2.13. The lowest BCUT2D eigenvalue weighted by Crippen LogP contribution is -2.28. The van der Waals surface area contributed by atoms with Crippen LogP contribution in [0, 0.1) is 11.3 Å². The molecule has 66 valence electrons. The molecular formula is C9H14N2S. The summed E-state index contributed by atoms with van der Waals surface area (Å²) in [5, 5.41) is 12.1. The predicted octanol–water partition coefficient (Wildman–Crippen LogP) is 1.90. The summed E-state index contributed by atoms with van der Waals surface area (Å²) in [4.78, 5) is 0. The van der Waals surface area contributed by atoms with Gasteiger partial charge < -0.3 is 5.32 Å². The fourth-order valence-electron chi connectivity index (χ4n) is 1.18. The molecule has 1 aliphatic rings. The molecule has 0 aromatic heterocycles. The van der Waals surface area contributed by atoms with E-state index in [4.69, 9.17) is 5.26 Å². The lowest BCUT2D eigenvalue weighted by Gasteiger charge is -2.14. The predicted molar refractivity (Wildman–Crippen MR) is 52.9 cm³/mol. The van der Waals surface area contributed by atoms with Crippen molar-refractivity contribution in [2.75, 3.05) is 11.5 Å². The normalized spacial score (nSPS) is 24.2. The Morgan fingerprint density at radius 3 is 3.08 bits per heavy atom. The first-order valence-corrected chi connectivity index (χ1v) is 5.37. The third-order valence-corrected chi connectivity index (χ3v) is 3.20. The Labute approximate surface area is 78.0 Å². The van der Waals surface area contributed by atoms with Crippen molar-refractivity contribution in [3.05, 3.63) is 11.3 Å². The first kappa shape index (κ1) is 9.47. The maximum Gasteiger partial charge on any atom is 0.0974 e. The second kappa shape index (κ2) is 4.42. The van der Waals surface area contributed by atoms with Gasteiger partial charge in [-0.2, -0.15) is 17.0 Å². The van der Waals surface area contributed by atoms with Crippen LogP contribution in [0.15, 0.2) is 11.3 Å². The average Bonchev–Trinajstić information content (AvgIpc) is 2.26. The molecule has 1 heterocycles. The van der Waals surface area contributed by atoms with Crippen molar-refractivity contribution in [3.63, 3.8) is 0 Å². The second-order valence-corrected chi connectivity index (χ2v) is 4.01. The number of allylic oxidation sites excluding steroid dienone is 1. The van der Waals surface area contributed by atoms with Gasteiger partial charge in [0, 0.05) is 23.2 Å². The van der Waals surface area contributed by atoms with Gasteiger partial charge in [-0.3, -0.25) is 0 Å². The Bertz CT molecular complexity index is 227. The number of nitriles is 1. The van der Waals surface area contributed by atoms with Gasteiger partial charge in [0.2, 0.25) is 0 Å². The molecule has 0 aliphatic carbocycles. The zero-order valence-corrected chi connectivity index (χ0v) is 8.37. The third kappa shape index (κ3) is 2.18. The summed E-state index contributed by atoms with van der Waals surface area (Å²) < 4.78 is 0. The van der Waals surface area contributed by atoms with Crippen molar-refractivity contribution >= 4 is 11.8 Å². The summed E-state index contributed by atoms with van der Waals surface area (Å²) in [6.45, 7) is 4.16. The molecule has 1 aliphatic heterocycles. The van der Waals surface area contributed by atoms with Crippen LogP contribution in [-0.2, 0) is 0 Å².